The third-order valence-electron chi connectivity index (χ3n) is 4.40. The molecule has 1 aromatic carbocycles. The Balaban J connectivity index is 2.16. The van der Waals surface area contributed by atoms with E-state index in [2.05, 4.69) is 9.97 Å². The summed E-state index contributed by atoms with van der Waals surface area (Å²) in [6.45, 7) is -3.09. The number of nitrogens with zero attached hydrogens (tertiary/aromatic N) is 3. The zero-order chi connectivity index (χ0) is 30.2. The van der Waals surface area contributed by atoms with Crippen LogP contribution in [-0.2, 0) is 6.37 Å². The molecule has 0 radical (unpaired) electrons. The molecule has 0 fully saturated rings. The molecular formula is C25H25N3O. The molecular weight excluding hydrogens is 358 g/mol. The van der Waals surface area contributed by atoms with E-state index in [0.717, 1.165) is 12.3 Å². The van der Waals surface area contributed by atoms with Gasteiger partial charge in [-0.2, -0.15) is 5.26 Å². The number of aryl methyl sites for hydroxylation is 3. The van der Waals surface area contributed by atoms with E-state index in [1.807, 2.05) is 6.07 Å². The van der Waals surface area contributed by atoms with Gasteiger partial charge in [-0.3, -0.25) is 4.98 Å². The first kappa shape index (κ1) is 10.0. The SMILES string of the molecule is [2H]C([2H])([2H])c1cc(C#N)c2c(n1)oc1c(-c3cc(C([2H])([2H])C(C)(C)C)c(C([2H])([2H])[2H])cn3)ccc(C([2H])([2H])[2H])c12. The number of fused-ring (bicyclic) bond motifs is 3. The first-order valence-corrected chi connectivity index (χ1v) is 8.91. The van der Waals surface area contributed by atoms with Crippen LogP contribution in [0.15, 0.2) is 34.9 Å². The van der Waals surface area contributed by atoms with Gasteiger partial charge in [0.15, 0.2) is 0 Å². The highest BCUT2D eigenvalue weighted by molar-refractivity contribution is 6.12. The maximum absolute atomic E-state index is 9.84. The third kappa shape index (κ3) is 3.38. The van der Waals surface area contributed by atoms with Gasteiger partial charge in [0.1, 0.15) is 11.7 Å². The predicted octanol–water partition coefficient (Wildman–Crippen LogP) is 6.43. The van der Waals surface area contributed by atoms with E-state index in [-0.39, 0.29) is 55.6 Å². The van der Waals surface area contributed by atoms with E-state index >= 15 is 0 Å². The number of benzene rings is 1. The van der Waals surface area contributed by atoms with Gasteiger partial charge in [0.25, 0.3) is 0 Å². The summed E-state index contributed by atoms with van der Waals surface area (Å²) in [7, 11) is 0. The van der Waals surface area contributed by atoms with Gasteiger partial charge in [-0.25, -0.2) is 4.98 Å². The van der Waals surface area contributed by atoms with E-state index in [9.17, 15) is 5.26 Å². The van der Waals surface area contributed by atoms with Gasteiger partial charge in [-0.1, -0.05) is 26.8 Å². The Bertz CT molecular complexity index is 1680. The van der Waals surface area contributed by atoms with E-state index in [1.165, 1.54) is 18.2 Å². The van der Waals surface area contributed by atoms with Crippen LogP contribution in [0.25, 0.3) is 33.3 Å². The number of hydrogen-bond donors (Lipinski definition) is 0. The van der Waals surface area contributed by atoms with Crippen LogP contribution in [0.4, 0.5) is 0 Å². The Kier molecular flexibility index (Phi) is 2.32. The molecule has 0 N–H and O–H groups in total. The molecule has 4 heteroatoms. The minimum Gasteiger partial charge on any atom is -0.437 e. The molecule has 3 heterocycles. The molecule has 0 spiro atoms. The van der Waals surface area contributed by atoms with Gasteiger partial charge in [0.05, 0.1) is 16.6 Å². The minimum absolute atomic E-state index is 0.00993. The number of hydrogen-bond acceptors (Lipinski definition) is 4. The van der Waals surface area contributed by atoms with Crippen molar-refractivity contribution in [1.29, 1.82) is 5.26 Å². The van der Waals surface area contributed by atoms with Gasteiger partial charge in [0, 0.05) is 37.9 Å². The topological polar surface area (TPSA) is 62.7 Å². The Morgan fingerprint density at radius 3 is 2.66 bits per heavy atom. The lowest BCUT2D eigenvalue weighted by Gasteiger charge is -2.20. The molecule has 0 bridgehead atoms. The lowest BCUT2D eigenvalue weighted by Crippen LogP contribution is -2.10. The second-order valence-corrected chi connectivity index (χ2v) is 7.80. The fraction of sp³-hybridized carbons (Fsp3) is 0.320. The summed E-state index contributed by atoms with van der Waals surface area (Å²) in [4.78, 5) is 8.35. The van der Waals surface area contributed by atoms with Crippen molar-refractivity contribution in [3.05, 3.63) is 58.4 Å². The zero-order valence-electron chi connectivity index (χ0n) is 27.1. The number of rotatable bonds is 2. The number of nitriles is 1. The van der Waals surface area contributed by atoms with Crippen molar-refractivity contribution in [3.63, 3.8) is 0 Å². The highest BCUT2D eigenvalue weighted by Crippen LogP contribution is 2.38. The molecule has 0 saturated carbocycles. The molecule has 0 unspecified atom stereocenters. The summed E-state index contributed by atoms with van der Waals surface area (Å²) in [6.07, 6.45) is -1.05. The molecule has 0 aliphatic carbocycles. The lowest BCUT2D eigenvalue weighted by molar-refractivity contribution is 0.410. The van der Waals surface area contributed by atoms with Crippen molar-refractivity contribution in [1.82, 2.24) is 9.97 Å². The number of pyridine rings is 2. The highest BCUT2D eigenvalue weighted by atomic mass is 16.3. The van der Waals surface area contributed by atoms with Crippen LogP contribution in [-0.4, -0.2) is 9.97 Å². The summed E-state index contributed by atoms with van der Waals surface area (Å²) in [5, 5.41) is 9.87. The Labute approximate surface area is 186 Å². The quantitative estimate of drug-likeness (QED) is 0.393. The lowest BCUT2D eigenvalue weighted by atomic mass is 9.86. The van der Waals surface area contributed by atoms with E-state index in [0.29, 0.717) is 0 Å². The van der Waals surface area contributed by atoms with Crippen molar-refractivity contribution in [2.75, 3.05) is 0 Å². The molecule has 146 valence electrons. The summed E-state index contributed by atoms with van der Waals surface area (Å²) in [5.41, 5.74) is -2.18. The van der Waals surface area contributed by atoms with Gasteiger partial charge < -0.3 is 4.42 Å². The van der Waals surface area contributed by atoms with Crippen LogP contribution in [0.1, 0.15) is 63.8 Å². The van der Waals surface area contributed by atoms with Crippen LogP contribution >= 0.6 is 0 Å². The van der Waals surface area contributed by atoms with Crippen molar-refractivity contribution in [2.45, 2.75) is 47.7 Å². The Morgan fingerprint density at radius 2 is 1.97 bits per heavy atom. The minimum atomic E-state index is -2.67. The number of aromatic nitrogens is 2. The summed E-state index contributed by atoms with van der Waals surface area (Å²) in [5.74, 6) is 0. The molecule has 3 aromatic heterocycles. The highest BCUT2D eigenvalue weighted by Gasteiger charge is 2.20. The third-order valence-corrected chi connectivity index (χ3v) is 4.40. The zero-order valence-corrected chi connectivity index (χ0v) is 16.1. The average Bonchev–Trinajstić information content (AvgIpc) is 3.19. The average molecular weight is 395 g/mol. The van der Waals surface area contributed by atoms with Crippen molar-refractivity contribution in [2.24, 2.45) is 5.41 Å². The normalized spacial score (nSPS) is 19.3. The monoisotopic (exact) mass is 394 g/mol. The van der Waals surface area contributed by atoms with Crippen LogP contribution < -0.4 is 0 Å². The van der Waals surface area contributed by atoms with E-state index in [1.54, 1.807) is 20.8 Å². The van der Waals surface area contributed by atoms with Gasteiger partial charge in [-0.05, 0) is 67.2 Å². The summed E-state index contributed by atoms with van der Waals surface area (Å²) >= 11 is 0. The van der Waals surface area contributed by atoms with Crippen molar-refractivity contribution >= 4 is 22.1 Å². The standard InChI is InChI=1S/C25H25N3O/c1-14-7-8-19(20-10-17(11-25(4,5)6)15(2)13-27-20)23-21(14)22-18(12-26)9-16(3)28-24(22)29-23/h7-10,13H,11H2,1-6H3/i1D3,2D3,3D3,11D2. The maximum atomic E-state index is 9.84. The first-order valence-electron chi connectivity index (χ1n) is 14.4. The molecule has 0 aliphatic heterocycles. The van der Waals surface area contributed by atoms with Crippen molar-refractivity contribution in [3.8, 4) is 17.3 Å². The molecule has 0 saturated heterocycles. The maximum Gasteiger partial charge on any atom is 0.228 e. The first-order chi connectivity index (χ1) is 18.1. The van der Waals surface area contributed by atoms with Crippen molar-refractivity contribution < 1.29 is 19.5 Å². The molecule has 0 amide bonds. The smallest absolute Gasteiger partial charge is 0.228 e. The van der Waals surface area contributed by atoms with Gasteiger partial charge in [-0.15, -0.1) is 0 Å². The molecule has 0 atom stereocenters. The molecule has 0 aliphatic rings. The largest absolute Gasteiger partial charge is 0.437 e. The van der Waals surface area contributed by atoms with Gasteiger partial charge in [0.2, 0.25) is 5.71 Å². The van der Waals surface area contributed by atoms with E-state index < -0.39 is 38.0 Å². The van der Waals surface area contributed by atoms with Crippen LogP contribution in [0, 0.1) is 37.3 Å². The fourth-order valence-corrected chi connectivity index (χ4v) is 3.27. The molecule has 29 heavy (non-hydrogen) atoms. The number of furan rings is 1. The summed E-state index contributed by atoms with van der Waals surface area (Å²) in [6, 6.07) is 6.98. The molecule has 4 rings (SSSR count). The Hall–Kier alpha value is -3.19. The van der Waals surface area contributed by atoms with Crippen LogP contribution in [0.2, 0.25) is 0 Å². The molecule has 4 nitrogen and oxygen atoms in total. The van der Waals surface area contributed by atoms with E-state index in [4.69, 9.17) is 19.5 Å². The van der Waals surface area contributed by atoms with Gasteiger partial charge >= 0.3 is 0 Å². The predicted molar refractivity (Wildman–Crippen MR) is 117 cm³/mol. The van der Waals surface area contributed by atoms with Crippen LogP contribution in [0.5, 0.6) is 0 Å². The second-order valence-electron chi connectivity index (χ2n) is 7.80. The van der Waals surface area contributed by atoms with Crippen LogP contribution in [0.3, 0.4) is 0 Å². The summed E-state index contributed by atoms with van der Waals surface area (Å²) < 4.78 is 94.7. The molecule has 4 aromatic rings. The second kappa shape index (κ2) is 6.70. The Morgan fingerprint density at radius 1 is 1.14 bits per heavy atom. The fourth-order valence-electron chi connectivity index (χ4n) is 3.27.